The van der Waals surface area contributed by atoms with Crippen LogP contribution in [0.4, 0.5) is 17.1 Å². The predicted molar refractivity (Wildman–Crippen MR) is 140 cm³/mol. The molecule has 0 amide bonds. The van der Waals surface area contributed by atoms with E-state index in [1.54, 1.807) is 12.1 Å². The third-order valence-corrected chi connectivity index (χ3v) is 7.17. The summed E-state index contributed by atoms with van der Waals surface area (Å²) in [7, 11) is 0. The van der Waals surface area contributed by atoms with Gasteiger partial charge in [0.2, 0.25) is 6.79 Å². The minimum atomic E-state index is -0.508. The first-order valence-electron chi connectivity index (χ1n) is 11.6. The van der Waals surface area contributed by atoms with Crippen molar-refractivity contribution in [1.82, 2.24) is 0 Å². The summed E-state index contributed by atoms with van der Waals surface area (Å²) in [5.41, 5.74) is 1.91. The van der Waals surface area contributed by atoms with E-state index in [2.05, 4.69) is 4.90 Å². The number of nitrogens with zero attached hydrogens (tertiary/aromatic N) is 3. The second-order valence-electron chi connectivity index (χ2n) is 8.75. The van der Waals surface area contributed by atoms with E-state index in [0.717, 1.165) is 16.8 Å². The van der Waals surface area contributed by atoms with Crippen molar-refractivity contribution >= 4 is 40.3 Å². The monoisotopic (exact) mass is 557 g/mol. The lowest BCUT2D eigenvalue weighted by Gasteiger charge is -2.33. The Balaban J connectivity index is 1.50. The molecule has 10 nitrogen and oxygen atoms in total. The van der Waals surface area contributed by atoms with Crippen molar-refractivity contribution in [2.45, 2.75) is 24.9 Å². The molecule has 1 fully saturated rings. The highest BCUT2D eigenvalue weighted by Gasteiger charge is 2.37. The number of hydrogen-bond acceptors (Lipinski definition) is 8. The molecule has 5 rings (SSSR count). The van der Waals surface area contributed by atoms with Crippen LogP contribution in [0.5, 0.6) is 5.75 Å². The number of hydrogen-bond donors (Lipinski definition) is 0. The summed E-state index contributed by atoms with van der Waals surface area (Å²) in [6.07, 6.45) is 2.82. The number of benzene rings is 3. The number of ether oxygens (including phenoxy) is 3. The molecule has 12 heteroatoms. The third-order valence-electron chi connectivity index (χ3n) is 6.53. The van der Waals surface area contributed by atoms with E-state index in [1.165, 1.54) is 30.5 Å². The molecule has 0 bridgehead atoms. The second-order valence-corrected chi connectivity index (χ2v) is 9.56. The van der Waals surface area contributed by atoms with Crippen molar-refractivity contribution in [2.24, 2.45) is 0 Å². The van der Waals surface area contributed by atoms with Crippen LogP contribution in [0.15, 0.2) is 72.7 Å². The van der Waals surface area contributed by atoms with Gasteiger partial charge in [-0.2, -0.15) is 0 Å². The molecular formula is C26H21Cl2N3O7. The fourth-order valence-electron chi connectivity index (χ4n) is 4.79. The van der Waals surface area contributed by atoms with Crippen LogP contribution < -0.4 is 9.64 Å². The van der Waals surface area contributed by atoms with Crippen molar-refractivity contribution in [1.29, 1.82) is 0 Å². The zero-order valence-corrected chi connectivity index (χ0v) is 21.3. The van der Waals surface area contributed by atoms with E-state index < -0.39 is 9.85 Å². The van der Waals surface area contributed by atoms with Gasteiger partial charge in [-0.15, -0.1) is 0 Å². The van der Waals surface area contributed by atoms with Crippen molar-refractivity contribution in [3.8, 4) is 5.75 Å². The zero-order chi connectivity index (χ0) is 26.8. The topological polar surface area (TPSA) is 117 Å². The first-order valence-corrected chi connectivity index (χ1v) is 12.4. The zero-order valence-electron chi connectivity index (χ0n) is 19.8. The molecule has 3 aromatic rings. The highest BCUT2D eigenvalue weighted by molar-refractivity contribution is 6.33. The molecule has 0 radical (unpaired) electrons. The summed E-state index contributed by atoms with van der Waals surface area (Å²) in [4.78, 5) is 24.2. The fourth-order valence-corrected chi connectivity index (χ4v) is 5.17. The number of nitro benzene ring substituents is 2. The normalized spacial score (nSPS) is 18.5. The molecule has 0 aromatic heterocycles. The van der Waals surface area contributed by atoms with Gasteiger partial charge in [0.1, 0.15) is 28.7 Å². The quantitative estimate of drug-likeness (QED) is 0.212. The van der Waals surface area contributed by atoms with Crippen LogP contribution >= 0.6 is 23.2 Å². The Morgan fingerprint density at radius 3 is 1.89 bits per heavy atom. The molecule has 2 heterocycles. The van der Waals surface area contributed by atoms with Crippen LogP contribution in [-0.2, 0) is 9.47 Å². The van der Waals surface area contributed by atoms with Crippen molar-refractivity contribution < 1.29 is 24.1 Å². The number of nitro groups is 2. The molecule has 0 spiro atoms. The van der Waals surface area contributed by atoms with Gasteiger partial charge in [0.25, 0.3) is 11.4 Å². The van der Waals surface area contributed by atoms with E-state index in [1.807, 2.05) is 24.3 Å². The van der Waals surface area contributed by atoms with E-state index in [4.69, 9.17) is 37.4 Å². The van der Waals surface area contributed by atoms with Gasteiger partial charge in [0, 0.05) is 17.8 Å². The van der Waals surface area contributed by atoms with Crippen molar-refractivity contribution in [3.05, 3.63) is 114 Å². The molecular weight excluding hydrogens is 537 g/mol. The number of rotatable bonds is 8. The predicted octanol–water partition coefficient (Wildman–Crippen LogP) is 7.12. The summed E-state index contributed by atoms with van der Waals surface area (Å²) < 4.78 is 16.1. The van der Waals surface area contributed by atoms with Crippen LogP contribution in [-0.4, -0.2) is 23.2 Å². The van der Waals surface area contributed by atoms with Gasteiger partial charge in [-0.3, -0.25) is 20.2 Å². The highest BCUT2D eigenvalue weighted by atomic mass is 35.5. The van der Waals surface area contributed by atoms with E-state index in [0.29, 0.717) is 24.4 Å². The Kier molecular flexibility index (Phi) is 7.26. The maximum Gasteiger partial charge on any atom is 0.288 e. The summed E-state index contributed by atoms with van der Waals surface area (Å²) in [6.45, 7) is 0.387. The first-order chi connectivity index (χ1) is 18.3. The Morgan fingerprint density at radius 1 is 0.868 bits per heavy atom. The number of halogens is 2. The van der Waals surface area contributed by atoms with Crippen molar-refractivity contribution in [3.63, 3.8) is 0 Å². The summed E-state index contributed by atoms with van der Waals surface area (Å²) in [5, 5.41) is 23.2. The first kappa shape index (κ1) is 25.6. The molecule has 1 saturated heterocycles. The molecule has 0 unspecified atom stereocenters. The lowest BCUT2D eigenvalue weighted by molar-refractivity contribution is -0.384. The smallest absolute Gasteiger partial charge is 0.288 e. The summed E-state index contributed by atoms with van der Waals surface area (Å²) >= 11 is 12.1. The fraction of sp³-hybridized carbons (Fsp3) is 0.231. The van der Waals surface area contributed by atoms with Gasteiger partial charge >= 0.3 is 0 Å². The highest BCUT2D eigenvalue weighted by Crippen LogP contribution is 2.48. The Bertz CT molecular complexity index is 1340. The van der Waals surface area contributed by atoms with Crippen LogP contribution in [0.3, 0.4) is 0 Å². The Labute approximate surface area is 227 Å². The Hall–Kier alpha value is -4.02. The van der Waals surface area contributed by atoms with Gasteiger partial charge in [-0.25, -0.2) is 0 Å². The van der Waals surface area contributed by atoms with Gasteiger partial charge in [0.05, 0.1) is 21.9 Å². The van der Waals surface area contributed by atoms with E-state index >= 15 is 0 Å². The van der Waals surface area contributed by atoms with Crippen LogP contribution in [0.25, 0.3) is 0 Å². The lowest BCUT2D eigenvalue weighted by Crippen LogP contribution is -2.26. The standard InChI is InChI=1S/C26H21Cl2N3O7/c27-21-7-1-16(11-25(21)30(32)33)23-9-10-24(17-2-8-22(28)26(12-17)31(34)35)29(23)18-3-5-19(6-4-18)37-14-20-13-36-15-38-20/h1-8,11-13,23-24H,9-10,14-15H2/t23-,24-/m1/s1. The molecule has 38 heavy (non-hydrogen) atoms. The van der Waals surface area contributed by atoms with Gasteiger partial charge in [-0.05, 0) is 60.4 Å². The van der Waals surface area contributed by atoms with Gasteiger partial charge < -0.3 is 19.1 Å². The van der Waals surface area contributed by atoms with Crippen LogP contribution in [0.2, 0.25) is 10.0 Å². The van der Waals surface area contributed by atoms with Gasteiger partial charge in [-0.1, -0.05) is 35.3 Å². The third kappa shape index (κ3) is 5.18. The molecule has 2 aliphatic rings. The average molecular weight is 558 g/mol. The molecule has 0 saturated carbocycles. The minimum Gasteiger partial charge on any atom is -0.486 e. The molecule has 2 aliphatic heterocycles. The molecule has 0 aliphatic carbocycles. The van der Waals surface area contributed by atoms with Crippen LogP contribution in [0.1, 0.15) is 36.1 Å². The minimum absolute atomic E-state index is 0.0569. The summed E-state index contributed by atoms with van der Waals surface area (Å²) in [5.74, 6) is 1.20. The maximum atomic E-state index is 11.6. The van der Waals surface area contributed by atoms with E-state index in [-0.39, 0.29) is 46.9 Å². The Morgan fingerprint density at radius 2 is 1.42 bits per heavy atom. The van der Waals surface area contributed by atoms with Crippen molar-refractivity contribution in [2.75, 3.05) is 18.3 Å². The largest absolute Gasteiger partial charge is 0.486 e. The molecule has 0 N–H and O–H groups in total. The summed E-state index contributed by atoms with van der Waals surface area (Å²) in [6, 6.07) is 16.5. The molecule has 2 atom stereocenters. The molecule has 3 aromatic carbocycles. The maximum absolute atomic E-state index is 11.6. The number of anilines is 1. The SMILES string of the molecule is O=[N+]([O-])c1cc([C@H]2CC[C@H](c3ccc(Cl)c([N+](=O)[O-])c3)N2c2ccc(OCC3=COCO3)cc2)ccc1Cl. The average Bonchev–Trinajstić information content (AvgIpc) is 3.58. The lowest BCUT2D eigenvalue weighted by atomic mass is 10.0. The molecule has 196 valence electrons. The van der Waals surface area contributed by atoms with Crippen LogP contribution in [0, 0.1) is 20.2 Å². The van der Waals surface area contributed by atoms with E-state index in [9.17, 15) is 20.2 Å². The van der Waals surface area contributed by atoms with Gasteiger partial charge in [0.15, 0.2) is 5.76 Å². The second kappa shape index (κ2) is 10.8.